The summed E-state index contributed by atoms with van der Waals surface area (Å²) in [5.41, 5.74) is 3.48. The first-order chi connectivity index (χ1) is 15.4. The molecule has 1 aliphatic heterocycles. The van der Waals surface area contributed by atoms with Gasteiger partial charge >= 0.3 is 0 Å². The fraction of sp³-hybridized carbons (Fsp3) is 0.458. The number of methoxy groups -OCH3 is 2. The number of nitrogens with one attached hydrogen (secondary N) is 1. The number of anilines is 1. The van der Waals surface area contributed by atoms with Crippen molar-refractivity contribution in [2.75, 3.05) is 32.6 Å². The average Bonchev–Trinajstić information content (AvgIpc) is 2.83. The maximum absolute atomic E-state index is 13.1. The molecule has 4 rings (SSSR count). The number of rotatable bonds is 6. The van der Waals surface area contributed by atoms with Gasteiger partial charge in [0.15, 0.2) is 11.5 Å². The minimum absolute atomic E-state index is 0.0212. The van der Waals surface area contributed by atoms with E-state index in [2.05, 4.69) is 11.4 Å². The summed E-state index contributed by atoms with van der Waals surface area (Å²) in [5.74, 6) is 0.623. The van der Waals surface area contributed by atoms with Gasteiger partial charge in [-0.05, 0) is 67.9 Å². The van der Waals surface area contributed by atoms with Gasteiger partial charge in [0, 0.05) is 30.8 Å². The van der Waals surface area contributed by atoms with Gasteiger partial charge in [-0.15, -0.1) is 0 Å². The van der Waals surface area contributed by atoms with Gasteiger partial charge in [-0.3, -0.25) is 4.79 Å². The Bertz CT molecular complexity index is 1090. The summed E-state index contributed by atoms with van der Waals surface area (Å²) in [4.78, 5) is 13.1. The van der Waals surface area contributed by atoms with Crippen molar-refractivity contribution in [2.24, 2.45) is 5.92 Å². The molecule has 0 spiro atoms. The lowest BCUT2D eigenvalue weighted by Crippen LogP contribution is -2.41. The van der Waals surface area contributed by atoms with Gasteiger partial charge < -0.3 is 14.8 Å². The number of carbonyl (C=O) groups is 1. The molecule has 1 N–H and O–H groups in total. The van der Waals surface area contributed by atoms with Crippen LogP contribution in [0.15, 0.2) is 41.3 Å². The second kappa shape index (κ2) is 9.50. The van der Waals surface area contributed by atoms with Gasteiger partial charge in [0.05, 0.1) is 19.1 Å². The molecule has 0 unspecified atom stereocenters. The number of nitrogens with zero attached hydrogens (tertiary/aromatic N) is 1. The summed E-state index contributed by atoms with van der Waals surface area (Å²) in [7, 11) is -0.692. The predicted molar refractivity (Wildman–Crippen MR) is 123 cm³/mol. The number of carbonyl (C=O) groups excluding carboxylic acids is 1. The number of fused-ring (bicyclic) bond motifs is 1. The summed E-state index contributed by atoms with van der Waals surface area (Å²) in [6, 6.07) is 10.7. The molecule has 0 atom stereocenters. The van der Waals surface area contributed by atoms with Crippen molar-refractivity contribution in [3.8, 4) is 11.5 Å². The highest BCUT2D eigenvalue weighted by Gasteiger charge is 2.33. The molecule has 2 aromatic carbocycles. The highest BCUT2D eigenvalue weighted by Crippen LogP contribution is 2.33. The third-order valence-corrected chi connectivity index (χ3v) is 8.37. The number of benzene rings is 2. The number of aryl methyl sites for hydroxylation is 1. The molecule has 8 heteroatoms. The molecule has 1 aliphatic carbocycles. The summed E-state index contributed by atoms with van der Waals surface area (Å²) in [6.45, 7) is 0.614. The minimum atomic E-state index is -3.67. The van der Waals surface area contributed by atoms with Crippen LogP contribution >= 0.6 is 0 Å². The standard InChI is InChI=1S/C24H30N2O5S/c1-30-22-11-10-19(16-23(22)31-2)32(28,29)26-14-12-18(13-15-26)24(27)25-21-9-5-7-17-6-3-4-8-20(17)21/h5,7,9-11,16,18H,3-4,6,8,12-15H2,1-2H3,(H,25,27). The van der Waals surface area contributed by atoms with Crippen molar-refractivity contribution in [1.82, 2.24) is 4.31 Å². The largest absolute Gasteiger partial charge is 0.493 e. The highest BCUT2D eigenvalue weighted by molar-refractivity contribution is 7.89. The molecule has 0 radical (unpaired) electrons. The Morgan fingerprint density at radius 2 is 1.72 bits per heavy atom. The van der Waals surface area contributed by atoms with Gasteiger partial charge in [0.25, 0.3) is 0 Å². The number of hydrogen-bond donors (Lipinski definition) is 1. The number of amides is 1. The SMILES string of the molecule is COc1ccc(S(=O)(=O)N2CCC(C(=O)Nc3cccc4c3CCCC4)CC2)cc1OC. The molecule has 0 saturated carbocycles. The third kappa shape index (κ3) is 4.47. The van der Waals surface area contributed by atoms with Crippen LogP contribution in [0.3, 0.4) is 0 Å². The van der Waals surface area contributed by atoms with E-state index in [4.69, 9.17) is 9.47 Å². The summed E-state index contributed by atoms with van der Waals surface area (Å²) in [6.07, 6.45) is 5.38. The smallest absolute Gasteiger partial charge is 0.243 e. The second-order valence-electron chi connectivity index (χ2n) is 8.33. The molecule has 0 bridgehead atoms. The Kier molecular flexibility index (Phi) is 6.71. The highest BCUT2D eigenvalue weighted by atomic mass is 32.2. The van der Waals surface area contributed by atoms with Crippen LogP contribution in [0.25, 0.3) is 0 Å². The van der Waals surface area contributed by atoms with Crippen molar-refractivity contribution in [3.63, 3.8) is 0 Å². The van der Waals surface area contributed by atoms with Crippen LogP contribution in [0.4, 0.5) is 5.69 Å². The monoisotopic (exact) mass is 458 g/mol. The molecule has 1 amide bonds. The van der Waals surface area contributed by atoms with Crippen LogP contribution in [0, 0.1) is 5.92 Å². The first kappa shape index (κ1) is 22.6. The van der Waals surface area contributed by atoms with Crippen molar-refractivity contribution < 1.29 is 22.7 Å². The zero-order valence-corrected chi connectivity index (χ0v) is 19.4. The Hall–Kier alpha value is -2.58. The second-order valence-corrected chi connectivity index (χ2v) is 10.3. The quantitative estimate of drug-likeness (QED) is 0.715. The van der Waals surface area contributed by atoms with Gasteiger partial charge in [0.1, 0.15) is 0 Å². The molecule has 2 aromatic rings. The Balaban J connectivity index is 1.41. The molecular formula is C24H30N2O5S. The molecule has 2 aliphatic rings. The van der Waals surface area contributed by atoms with Gasteiger partial charge in [-0.2, -0.15) is 4.31 Å². The van der Waals surface area contributed by atoms with E-state index < -0.39 is 10.0 Å². The van der Waals surface area contributed by atoms with E-state index in [-0.39, 0.29) is 16.7 Å². The van der Waals surface area contributed by atoms with Gasteiger partial charge in [-0.1, -0.05) is 12.1 Å². The van der Waals surface area contributed by atoms with E-state index in [1.165, 1.54) is 48.2 Å². The lowest BCUT2D eigenvalue weighted by Gasteiger charge is -2.31. The average molecular weight is 459 g/mol. The lowest BCUT2D eigenvalue weighted by molar-refractivity contribution is -0.120. The zero-order chi connectivity index (χ0) is 22.7. The lowest BCUT2D eigenvalue weighted by atomic mass is 9.90. The maximum Gasteiger partial charge on any atom is 0.243 e. The minimum Gasteiger partial charge on any atom is -0.493 e. The van der Waals surface area contributed by atoms with Gasteiger partial charge in [-0.25, -0.2) is 8.42 Å². The third-order valence-electron chi connectivity index (χ3n) is 6.47. The summed E-state index contributed by atoms with van der Waals surface area (Å²) < 4.78 is 38.1. The van der Waals surface area contributed by atoms with Crippen LogP contribution in [0.2, 0.25) is 0 Å². The van der Waals surface area contributed by atoms with E-state index in [1.54, 1.807) is 6.07 Å². The zero-order valence-electron chi connectivity index (χ0n) is 18.6. The first-order valence-electron chi connectivity index (χ1n) is 11.1. The van der Waals surface area contributed by atoms with Crippen molar-refractivity contribution in [3.05, 3.63) is 47.5 Å². The van der Waals surface area contributed by atoms with E-state index in [0.717, 1.165) is 24.9 Å². The Morgan fingerprint density at radius 3 is 2.44 bits per heavy atom. The fourth-order valence-corrected chi connectivity index (χ4v) is 6.10. The topological polar surface area (TPSA) is 84.9 Å². The Morgan fingerprint density at radius 1 is 1.00 bits per heavy atom. The van der Waals surface area contributed by atoms with Gasteiger partial charge in [0.2, 0.25) is 15.9 Å². The van der Waals surface area contributed by atoms with Crippen LogP contribution in [0.5, 0.6) is 11.5 Å². The van der Waals surface area contributed by atoms with Crippen LogP contribution < -0.4 is 14.8 Å². The van der Waals surface area contributed by atoms with E-state index in [1.807, 2.05) is 12.1 Å². The van der Waals surface area contributed by atoms with E-state index in [9.17, 15) is 13.2 Å². The maximum atomic E-state index is 13.1. The number of piperidine rings is 1. The molecule has 1 saturated heterocycles. The number of sulfonamides is 1. The van der Waals surface area contributed by atoms with E-state index >= 15 is 0 Å². The molecule has 7 nitrogen and oxygen atoms in total. The van der Waals surface area contributed by atoms with Crippen molar-refractivity contribution >= 4 is 21.6 Å². The van der Waals surface area contributed by atoms with E-state index in [0.29, 0.717) is 37.4 Å². The molecule has 32 heavy (non-hydrogen) atoms. The van der Waals surface area contributed by atoms with Crippen LogP contribution in [-0.4, -0.2) is 45.9 Å². The normalized spacial score (nSPS) is 17.4. The van der Waals surface area contributed by atoms with Crippen molar-refractivity contribution in [1.29, 1.82) is 0 Å². The number of hydrogen-bond acceptors (Lipinski definition) is 5. The summed E-state index contributed by atoms with van der Waals surface area (Å²) in [5, 5.41) is 3.12. The van der Waals surface area contributed by atoms with Crippen molar-refractivity contribution in [2.45, 2.75) is 43.4 Å². The number of ether oxygens (including phenoxy) is 2. The van der Waals surface area contributed by atoms with Crippen LogP contribution in [0.1, 0.15) is 36.8 Å². The fourth-order valence-electron chi connectivity index (χ4n) is 4.62. The summed E-state index contributed by atoms with van der Waals surface area (Å²) >= 11 is 0. The predicted octanol–water partition coefficient (Wildman–Crippen LogP) is 3.62. The molecule has 1 fully saturated rings. The molecular weight excluding hydrogens is 428 g/mol. The first-order valence-corrected chi connectivity index (χ1v) is 12.5. The molecule has 1 heterocycles. The van der Waals surface area contributed by atoms with Crippen LogP contribution in [-0.2, 0) is 27.7 Å². The molecule has 172 valence electrons. The Labute approximate surface area is 189 Å². The molecule has 0 aromatic heterocycles.